The second-order valence-electron chi connectivity index (χ2n) is 6.76. The molecular weight excluding hydrogens is 340 g/mol. The van der Waals surface area contributed by atoms with E-state index in [1.54, 1.807) is 31.4 Å². The highest BCUT2D eigenvalue weighted by Crippen LogP contribution is 2.22. The molecule has 0 aromatic heterocycles. The minimum Gasteiger partial charge on any atom is -0.497 e. The van der Waals surface area contributed by atoms with Gasteiger partial charge in [-0.25, -0.2) is 0 Å². The van der Waals surface area contributed by atoms with Crippen molar-refractivity contribution in [1.29, 1.82) is 0 Å². The number of rotatable bonds is 8. The van der Waals surface area contributed by atoms with Gasteiger partial charge in [-0.3, -0.25) is 9.69 Å². The number of nitrogens with one attached hydrogen (secondary N) is 1. The first kappa shape index (κ1) is 19.4. The molecule has 0 aliphatic carbocycles. The summed E-state index contributed by atoms with van der Waals surface area (Å²) in [7, 11) is 1.62. The summed E-state index contributed by atoms with van der Waals surface area (Å²) in [5.41, 5.74) is 1.91. The Labute approximate surface area is 161 Å². The normalized spacial score (nSPS) is 17.4. The van der Waals surface area contributed by atoms with Crippen molar-refractivity contribution in [1.82, 2.24) is 10.2 Å². The van der Waals surface area contributed by atoms with Crippen molar-refractivity contribution in [3.8, 4) is 5.75 Å². The Kier molecular flexibility index (Phi) is 7.25. The first-order valence-electron chi connectivity index (χ1n) is 9.57. The maximum Gasteiger partial charge on any atom is 0.251 e. The van der Waals surface area contributed by atoms with Crippen LogP contribution in [0.5, 0.6) is 5.75 Å². The lowest BCUT2D eigenvalue weighted by Crippen LogP contribution is -2.39. The average molecular weight is 368 g/mol. The van der Waals surface area contributed by atoms with E-state index in [1.165, 1.54) is 5.56 Å². The van der Waals surface area contributed by atoms with Crippen LogP contribution in [0.4, 0.5) is 0 Å². The molecule has 2 aromatic rings. The van der Waals surface area contributed by atoms with E-state index >= 15 is 0 Å². The van der Waals surface area contributed by atoms with E-state index in [1.807, 2.05) is 6.07 Å². The van der Waals surface area contributed by atoms with E-state index in [9.17, 15) is 4.79 Å². The van der Waals surface area contributed by atoms with Gasteiger partial charge >= 0.3 is 0 Å². The monoisotopic (exact) mass is 368 g/mol. The SMILES string of the molecule is COc1ccc(C(=O)NCCCCN2CCOC(c3ccccc3)C2)cc1. The lowest BCUT2D eigenvalue weighted by atomic mass is 10.1. The van der Waals surface area contributed by atoms with Crippen molar-refractivity contribution in [3.63, 3.8) is 0 Å². The van der Waals surface area contributed by atoms with Crippen LogP contribution >= 0.6 is 0 Å². The number of carbonyl (C=O) groups is 1. The number of amides is 1. The predicted molar refractivity (Wildman–Crippen MR) is 106 cm³/mol. The van der Waals surface area contributed by atoms with E-state index < -0.39 is 0 Å². The molecule has 1 heterocycles. The van der Waals surface area contributed by atoms with Crippen LogP contribution in [0.15, 0.2) is 54.6 Å². The zero-order chi connectivity index (χ0) is 18.9. The number of hydrogen-bond acceptors (Lipinski definition) is 4. The molecule has 27 heavy (non-hydrogen) atoms. The molecule has 1 N–H and O–H groups in total. The number of nitrogens with zero attached hydrogens (tertiary/aromatic N) is 1. The van der Waals surface area contributed by atoms with E-state index in [-0.39, 0.29) is 12.0 Å². The fourth-order valence-electron chi connectivity index (χ4n) is 3.28. The fourth-order valence-corrected chi connectivity index (χ4v) is 3.28. The molecule has 1 aliphatic rings. The topological polar surface area (TPSA) is 50.8 Å². The molecule has 2 aromatic carbocycles. The van der Waals surface area contributed by atoms with Crippen LogP contribution in [0.25, 0.3) is 0 Å². The van der Waals surface area contributed by atoms with Crippen molar-refractivity contribution >= 4 is 5.91 Å². The van der Waals surface area contributed by atoms with Gasteiger partial charge < -0.3 is 14.8 Å². The molecule has 5 heteroatoms. The summed E-state index contributed by atoms with van der Waals surface area (Å²) < 4.78 is 11.0. The van der Waals surface area contributed by atoms with Crippen LogP contribution in [0.3, 0.4) is 0 Å². The smallest absolute Gasteiger partial charge is 0.251 e. The summed E-state index contributed by atoms with van der Waals surface area (Å²) in [4.78, 5) is 14.6. The number of hydrogen-bond donors (Lipinski definition) is 1. The Morgan fingerprint density at radius 2 is 1.93 bits per heavy atom. The minimum atomic E-state index is -0.0341. The van der Waals surface area contributed by atoms with Gasteiger partial charge in [0.05, 0.1) is 19.8 Å². The lowest BCUT2D eigenvalue weighted by molar-refractivity contribution is -0.0303. The minimum absolute atomic E-state index is 0.0341. The molecule has 0 radical (unpaired) electrons. The lowest BCUT2D eigenvalue weighted by Gasteiger charge is -2.33. The quantitative estimate of drug-likeness (QED) is 0.727. The molecule has 5 nitrogen and oxygen atoms in total. The van der Waals surface area contributed by atoms with Gasteiger partial charge in [-0.2, -0.15) is 0 Å². The maximum absolute atomic E-state index is 12.1. The highest BCUT2D eigenvalue weighted by molar-refractivity contribution is 5.94. The highest BCUT2D eigenvalue weighted by atomic mass is 16.5. The third kappa shape index (κ3) is 5.81. The Bertz CT molecular complexity index is 703. The molecule has 0 saturated carbocycles. The summed E-state index contributed by atoms with van der Waals surface area (Å²) >= 11 is 0. The summed E-state index contributed by atoms with van der Waals surface area (Å²) in [5, 5.41) is 2.99. The molecule has 1 amide bonds. The number of methoxy groups -OCH3 is 1. The van der Waals surface area contributed by atoms with Crippen molar-refractivity contribution in [2.24, 2.45) is 0 Å². The Morgan fingerprint density at radius 3 is 2.67 bits per heavy atom. The van der Waals surface area contributed by atoms with Crippen molar-refractivity contribution < 1.29 is 14.3 Å². The predicted octanol–water partition coefficient (Wildman–Crippen LogP) is 3.28. The standard InChI is InChI=1S/C22H28N2O3/c1-26-20-11-9-19(10-12-20)22(25)23-13-5-6-14-24-15-16-27-21(17-24)18-7-3-2-4-8-18/h2-4,7-12,21H,5-6,13-17H2,1H3,(H,23,25). The molecule has 1 unspecified atom stereocenters. The van der Waals surface area contributed by atoms with Crippen LogP contribution < -0.4 is 10.1 Å². The third-order valence-corrected chi connectivity index (χ3v) is 4.86. The van der Waals surface area contributed by atoms with Gasteiger partial charge in [-0.1, -0.05) is 30.3 Å². The Hall–Kier alpha value is -2.37. The number of ether oxygens (including phenoxy) is 2. The largest absolute Gasteiger partial charge is 0.497 e. The highest BCUT2D eigenvalue weighted by Gasteiger charge is 2.21. The summed E-state index contributed by atoms with van der Waals surface area (Å²) in [6.07, 6.45) is 2.19. The Morgan fingerprint density at radius 1 is 1.15 bits per heavy atom. The first-order chi connectivity index (χ1) is 13.3. The molecular formula is C22H28N2O3. The van der Waals surface area contributed by atoms with Crippen molar-refractivity contribution in [3.05, 3.63) is 65.7 Å². The molecule has 1 atom stereocenters. The zero-order valence-corrected chi connectivity index (χ0v) is 15.9. The number of carbonyl (C=O) groups excluding carboxylic acids is 1. The van der Waals surface area contributed by atoms with Gasteiger partial charge in [-0.05, 0) is 49.2 Å². The first-order valence-corrected chi connectivity index (χ1v) is 9.57. The van der Waals surface area contributed by atoms with Crippen LogP contribution in [0.1, 0.15) is 34.9 Å². The van der Waals surface area contributed by atoms with Gasteiger partial charge in [0.1, 0.15) is 5.75 Å². The van der Waals surface area contributed by atoms with Gasteiger partial charge in [0, 0.05) is 25.2 Å². The molecule has 0 bridgehead atoms. The van der Waals surface area contributed by atoms with Crippen molar-refractivity contribution in [2.75, 3.05) is 39.9 Å². The van der Waals surface area contributed by atoms with Crippen molar-refractivity contribution in [2.45, 2.75) is 18.9 Å². The number of unbranched alkanes of at least 4 members (excludes halogenated alkanes) is 1. The number of morpholine rings is 1. The zero-order valence-electron chi connectivity index (χ0n) is 15.9. The third-order valence-electron chi connectivity index (χ3n) is 4.86. The summed E-state index contributed by atoms with van der Waals surface area (Å²) in [5.74, 6) is 0.721. The average Bonchev–Trinajstić information content (AvgIpc) is 2.74. The number of benzene rings is 2. The van der Waals surface area contributed by atoms with E-state index in [0.29, 0.717) is 12.1 Å². The van der Waals surface area contributed by atoms with E-state index in [0.717, 1.165) is 44.8 Å². The second-order valence-corrected chi connectivity index (χ2v) is 6.76. The van der Waals surface area contributed by atoms with Gasteiger partial charge in [0.15, 0.2) is 0 Å². The summed E-state index contributed by atoms with van der Waals surface area (Å²) in [6.45, 7) is 4.40. The van der Waals surface area contributed by atoms with Crippen LogP contribution in [0.2, 0.25) is 0 Å². The maximum atomic E-state index is 12.1. The van der Waals surface area contributed by atoms with Gasteiger partial charge in [0.25, 0.3) is 5.91 Å². The van der Waals surface area contributed by atoms with E-state index in [4.69, 9.17) is 9.47 Å². The van der Waals surface area contributed by atoms with Crippen LogP contribution in [-0.2, 0) is 4.74 Å². The molecule has 1 aliphatic heterocycles. The molecule has 1 saturated heterocycles. The fraction of sp³-hybridized carbons (Fsp3) is 0.409. The molecule has 144 valence electrons. The van der Waals surface area contributed by atoms with Gasteiger partial charge in [-0.15, -0.1) is 0 Å². The van der Waals surface area contributed by atoms with Crippen LogP contribution in [0, 0.1) is 0 Å². The van der Waals surface area contributed by atoms with Crippen LogP contribution in [-0.4, -0.2) is 50.7 Å². The summed E-state index contributed by atoms with van der Waals surface area (Å²) in [6, 6.07) is 17.6. The second kappa shape index (κ2) is 10.1. The molecule has 0 spiro atoms. The Balaban J connectivity index is 1.34. The molecule has 3 rings (SSSR count). The molecule has 1 fully saturated rings. The van der Waals surface area contributed by atoms with Gasteiger partial charge in [0.2, 0.25) is 0 Å². The van der Waals surface area contributed by atoms with E-state index in [2.05, 4.69) is 34.5 Å².